The average molecular weight is 265 g/mol. The van der Waals surface area contributed by atoms with Gasteiger partial charge in [-0.25, -0.2) is 0 Å². The molecule has 106 valence electrons. The van der Waals surface area contributed by atoms with Crippen molar-refractivity contribution < 1.29 is 14.6 Å². The Balaban J connectivity index is 2.56. The van der Waals surface area contributed by atoms with Crippen LogP contribution in [0.25, 0.3) is 0 Å². The first-order valence-electron chi connectivity index (χ1n) is 6.72. The largest absolute Gasteiger partial charge is 0.483 e. The minimum atomic E-state index is -0.612. The van der Waals surface area contributed by atoms with E-state index in [0.29, 0.717) is 17.9 Å². The van der Waals surface area contributed by atoms with E-state index in [1.807, 2.05) is 25.1 Å². The molecule has 0 saturated carbocycles. The fourth-order valence-corrected chi connectivity index (χ4v) is 1.71. The molecule has 19 heavy (non-hydrogen) atoms. The highest BCUT2D eigenvalue weighted by atomic mass is 16.5. The van der Waals surface area contributed by atoms with E-state index < -0.39 is 6.10 Å². The van der Waals surface area contributed by atoms with Crippen molar-refractivity contribution in [1.82, 2.24) is 5.32 Å². The number of benzene rings is 1. The predicted octanol–water partition coefficient (Wildman–Crippen LogP) is 2.34. The number of hydrogen-bond acceptors (Lipinski definition) is 3. The van der Waals surface area contributed by atoms with Crippen molar-refractivity contribution in [2.75, 3.05) is 13.2 Å². The average Bonchev–Trinajstić information content (AvgIpc) is 2.36. The van der Waals surface area contributed by atoms with E-state index in [4.69, 9.17) is 4.74 Å². The normalized spacial score (nSPS) is 12.0. The number of carbonyl (C=O) groups is 1. The zero-order valence-electron chi connectivity index (χ0n) is 11.9. The molecule has 1 unspecified atom stereocenters. The topological polar surface area (TPSA) is 58.6 Å². The van der Waals surface area contributed by atoms with Crippen LogP contribution in [-0.4, -0.2) is 24.2 Å². The molecule has 4 nitrogen and oxygen atoms in total. The maximum atomic E-state index is 11.6. The van der Waals surface area contributed by atoms with Crippen LogP contribution in [0.4, 0.5) is 0 Å². The Morgan fingerprint density at radius 1 is 1.47 bits per heavy atom. The summed E-state index contributed by atoms with van der Waals surface area (Å²) in [6.45, 7) is 6.35. The van der Waals surface area contributed by atoms with Gasteiger partial charge in [0.25, 0.3) is 5.91 Å². The van der Waals surface area contributed by atoms with Crippen LogP contribution in [0, 0.1) is 6.92 Å². The summed E-state index contributed by atoms with van der Waals surface area (Å²) in [5.41, 5.74) is 1.73. The Morgan fingerprint density at radius 2 is 2.21 bits per heavy atom. The first-order chi connectivity index (χ1) is 9.04. The molecule has 0 spiro atoms. The highest BCUT2D eigenvalue weighted by Crippen LogP contribution is 2.26. The number of carbonyl (C=O) groups excluding carboxylic acids is 1. The second kappa shape index (κ2) is 7.79. The van der Waals surface area contributed by atoms with Crippen molar-refractivity contribution >= 4 is 5.91 Å². The third kappa shape index (κ3) is 5.30. The van der Waals surface area contributed by atoms with Gasteiger partial charge in [-0.3, -0.25) is 4.79 Å². The van der Waals surface area contributed by atoms with Gasteiger partial charge in [0.05, 0.1) is 6.10 Å². The zero-order valence-corrected chi connectivity index (χ0v) is 11.9. The number of ether oxygens (including phenoxy) is 1. The molecule has 0 aromatic heterocycles. The van der Waals surface area contributed by atoms with Gasteiger partial charge in [-0.2, -0.15) is 0 Å². The van der Waals surface area contributed by atoms with E-state index in [2.05, 4.69) is 12.2 Å². The number of hydrogen-bond donors (Lipinski definition) is 2. The minimum absolute atomic E-state index is 0.0209. The summed E-state index contributed by atoms with van der Waals surface area (Å²) in [4.78, 5) is 11.6. The maximum Gasteiger partial charge on any atom is 0.257 e. The fourth-order valence-electron chi connectivity index (χ4n) is 1.71. The van der Waals surface area contributed by atoms with Crippen LogP contribution in [0.5, 0.6) is 5.75 Å². The number of nitrogens with one attached hydrogen (secondary N) is 1. The van der Waals surface area contributed by atoms with Crippen LogP contribution in [0.2, 0.25) is 0 Å². The molecule has 0 fully saturated rings. The summed E-state index contributed by atoms with van der Waals surface area (Å²) in [5, 5.41) is 12.4. The molecule has 0 aliphatic carbocycles. The van der Waals surface area contributed by atoms with E-state index in [0.717, 1.165) is 18.4 Å². The number of amides is 1. The molecule has 1 atom stereocenters. The van der Waals surface area contributed by atoms with E-state index in [1.165, 1.54) is 0 Å². The first-order valence-corrected chi connectivity index (χ1v) is 6.72. The molecule has 0 saturated heterocycles. The minimum Gasteiger partial charge on any atom is -0.483 e. The van der Waals surface area contributed by atoms with Crippen LogP contribution in [0.3, 0.4) is 0 Å². The Kier molecular flexibility index (Phi) is 6.36. The lowest BCUT2D eigenvalue weighted by atomic mass is 10.1. The van der Waals surface area contributed by atoms with Crippen molar-refractivity contribution in [3.63, 3.8) is 0 Å². The Hall–Kier alpha value is -1.55. The van der Waals surface area contributed by atoms with Crippen molar-refractivity contribution in [3.8, 4) is 5.75 Å². The molecule has 4 heteroatoms. The molecule has 0 aliphatic heterocycles. The molecule has 0 aliphatic rings. The lowest BCUT2D eigenvalue weighted by molar-refractivity contribution is -0.123. The highest BCUT2D eigenvalue weighted by molar-refractivity contribution is 5.77. The number of aliphatic hydroxyl groups is 1. The van der Waals surface area contributed by atoms with Crippen molar-refractivity contribution in [2.24, 2.45) is 0 Å². The van der Waals surface area contributed by atoms with Gasteiger partial charge < -0.3 is 15.2 Å². The van der Waals surface area contributed by atoms with Gasteiger partial charge in [-0.1, -0.05) is 25.5 Å². The molecule has 1 rings (SSSR count). The summed E-state index contributed by atoms with van der Waals surface area (Å²) >= 11 is 0. The molecule has 0 heterocycles. The molecular formula is C15H23NO3. The first kappa shape index (κ1) is 15.5. The SMILES string of the molecule is CCCCNC(=O)COc1cc(C)ccc1C(C)O. The van der Waals surface area contributed by atoms with Crippen LogP contribution in [0.1, 0.15) is 43.9 Å². The molecule has 1 aromatic rings. The van der Waals surface area contributed by atoms with Gasteiger partial charge in [-0.05, 0) is 31.9 Å². The van der Waals surface area contributed by atoms with Crippen LogP contribution in [-0.2, 0) is 4.79 Å². The number of aryl methyl sites for hydroxylation is 1. The molecule has 0 radical (unpaired) electrons. The molecule has 2 N–H and O–H groups in total. The number of unbranched alkanes of at least 4 members (excludes halogenated alkanes) is 1. The highest BCUT2D eigenvalue weighted by Gasteiger charge is 2.10. The lowest BCUT2D eigenvalue weighted by Gasteiger charge is -2.14. The summed E-state index contributed by atoms with van der Waals surface area (Å²) in [5.74, 6) is 0.437. The second-order valence-corrected chi connectivity index (χ2v) is 4.71. The summed E-state index contributed by atoms with van der Waals surface area (Å²) in [6, 6.07) is 5.57. The van der Waals surface area contributed by atoms with Crippen LogP contribution in [0.15, 0.2) is 18.2 Å². The number of aliphatic hydroxyl groups excluding tert-OH is 1. The van der Waals surface area contributed by atoms with Gasteiger partial charge in [0, 0.05) is 12.1 Å². The lowest BCUT2D eigenvalue weighted by Crippen LogP contribution is -2.29. The Labute approximate surface area is 114 Å². The number of rotatable bonds is 7. The van der Waals surface area contributed by atoms with E-state index in [-0.39, 0.29) is 12.5 Å². The summed E-state index contributed by atoms with van der Waals surface area (Å²) in [7, 11) is 0. The van der Waals surface area contributed by atoms with Gasteiger partial charge in [0.15, 0.2) is 6.61 Å². The quantitative estimate of drug-likeness (QED) is 0.744. The Bertz CT molecular complexity index is 416. The molecule has 1 aromatic carbocycles. The van der Waals surface area contributed by atoms with Crippen molar-refractivity contribution in [3.05, 3.63) is 29.3 Å². The van der Waals surface area contributed by atoms with Gasteiger partial charge in [0.1, 0.15) is 5.75 Å². The Morgan fingerprint density at radius 3 is 2.84 bits per heavy atom. The summed E-state index contributed by atoms with van der Waals surface area (Å²) in [6.07, 6.45) is 1.40. The van der Waals surface area contributed by atoms with Crippen LogP contribution < -0.4 is 10.1 Å². The van der Waals surface area contributed by atoms with Crippen molar-refractivity contribution in [1.29, 1.82) is 0 Å². The maximum absolute atomic E-state index is 11.6. The van der Waals surface area contributed by atoms with Crippen molar-refractivity contribution in [2.45, 2.75) is 39.7 Å². The molecule has 1 amide bonds. The predicted molar refractivity (Wildman–Crippen MR) is 75.2 cm³/mol. The molecule has 0 bridgehead atoms. The summed E-state index contributed by atoms with van der Waals surface area (Å²) < 4.78 is 5.50. The third-order valence-corrected chi connectivity index (χ3v) is 2.83. The van der Waals surface area contributed by atoms with E-state index in [1.54, 1.807) is 6.92 Å². The second-order valence-electron chi connectivity index (χ2n) is 4.71. The van der Waals surface area contributed by atoms with Gasteiger partial charge >= 0.3 is 0 Å². The smallest absolute Gasteiger partial charge is 0.257 e. The van der Waals surface area contributed by atoms with Crippen LogP contribution >= 0.6 is 0 Å². The van der Waals surface area contributed by atoms with Gasteiger partial charge in [-0.15, -0.1) is 0 Å². The molecular weight excluding hydrogens is 242 g/mol. The van der Waals surface area contributed by atoms with Gasteiger partial charge in [0.2, 0.25) is 0 Å². The third-order valence-electron chi connectivity index (χ3n) is 2.83. The fraction of sp³-hybridized carbons (Fsp3) is 0.533. The monoisotopic (exact) mass is 265 g/mol. The zero-order chi connectivity index (χ0) is 14.3. The van der Waals surface area contributed by atoms with E-state index in [9.17, 15) is 9.90 Å². The van der Waals surface area contributed by atoms with E-state index >= 15 is 0 Å². The standard InChI is InChI=1S/C15H23NO3/c1-4-5-8-16-15(18)10-19-14-9-11(2)6-7-13(14)12(3)17/h6-7,9,12,17H,4-5,8,10H2,1-3H3,(H,16,18).